The molecule has 1 fully saturated rings. The maximum absolute atomic E-state index is 9.98. The van der Waals surface area contributed by atoms with Crippen LogP contribution in [-0.2, 0) is 5.41 Å². The third-order valence-corrected chi connectivity index (χ3v) is 7.23. The summed E-state index contributed by atoms with van der Waals surface area (Å²) >= 11 is 0. The highest BCUT2D eigenvalue weighted by atomic mass is 16.3. The van der Waals surface area contributed by atoms with Gasteiger partial charge in [0.05, 0.1) is 0 Å². The predicted molar refractivity (Wildman–Crippen MR) is 126 cm³/mol. The van der Waals surface area contributed by atoms with Gasteiger partial charge in [0.25, 0.3) is 0 Å². The highest BCUT2D eigenvalue weighted by molar-refractivity contribution is 5.56. The van der Waals surface area contributed by atoms with E-state index in [1.54, 1.807) is 0 Å². The smallest absolute Gasteiger partial charge is 0.118 e. The van der Waals surface area contributed by atoms with Crippen LogP contribution in [0.2, 0.25) is 0 Å². The zero-order valence-electron chi connectivity index (χ0n) is 18.8. The van der Waals surface area contributed by atoms with Crippen LogP contribution in [0.1, 0.15) is 93.0 Å². The van der Waals surface area contributed by atoms with Crippen molar-refractivity contribution in [2.45, 2.75) is 84.5 Å². The first-order chi connectivity index (χ1) is 14.0. The second-order valence-corrected chi connectivity index (χ2v) is 8.97. The van der Waals surface area contributed by atoms with Crippen molar-refractivity contribution in [1.82, 2.24) is 0 Å². The van der Waals surface area contributed by atoms with E-state index in [9.17, 15) is 5.11 Å². The lowest BCUT2D eigenvalue weighted by Gasteiger charge is -2.34. The molecule has 0 aliphatic heterocycles. The Morgan fingerprint density at radius 2 is 1.45 bits per heavy atom. The molecule has 2 aromatic carbocycles. The van der Waals surface area contributed by atoms with Gasteiger partial charge in [-0.05, 0) is 79.3 Å². The van der Waals surface area contributed by atoms with Crippen molar-refractivity contribution in [3.63, 3.8) is 0 Å². The fourth-order valence-corrected chi connectivity index (χ4v) is 5.09. The van der Waals surface area contributed by atoms with Crippen molar-refractivity contribution in [1.29, 1.82) is 0 Å². The normalized spacial score (nSPS) is 16.3. The highest BCUT2D eigenvalue weighted by Crippen LogP contribution is 2.41. The Kier molecular flexibility index (Phi) is 7.22. The zero-order valence-corrected chi connectivity index (χ0v) is 18.8. The first-order valence-corrected chi connectivity index (χ1v) is 11.6. The highest BCUT2D eigenvalue weighted by Gasteiger charge is 2.31. The van der Waals surface area contributed by atoms with Gasteiger partial charge in [-0.15, -0.1) is 0 Å². The van der Waals surface area contributed by atoms with E-state index in [2.05, 4.69) is 63.3 Å². The fraction of sp³-hybridized carbons (Fsp3) is 0.500. The summed E-state index contributed by atoms with van der Waals surface area (Å²) in [6.45, 7) is 8.79. The van der Waals surface area contributed by atoms with E-state index in [0.717, 1.165) is 24.3 Å². The lowest BCUT2D eigenvalue weighted by molar-refractivity contribution is 0.461. The molecule has 1 aliphatic carbocycles. The quantitative estimate of drug-likeness (QED) is 0.494. The van der Waals surface area contributed by atoms with Gasteiger partial charge in [0, 0.05) is 5.41 Å². The third kappa shape index (κ3) is 4.77. The Bertz CT molecular complexity index is 833. The molecular formula is C28H38O. The molecule has 0 bridgehead atoms. The molecule has 156 valence electrons. The third-order valence-electron chi connectivity index (χ3n) is 7.23. The summed E-state index contributed by atoms with van der Waals surface area (Å²) in [5, 5.41) is 9.98. The standard InChI is InChI=1S/C28H38O/c1-5-28(6-2,26-17-18-27(29)22(4)20-26)25-16-15-24(21(3)19-25)14-13-23-11-9-7-8-10-12-23/h13-20,23,29H,5-12H2,1-4H3/b14-13+. The maximum Gasteiger partial charge on any atom is 0.118 e. The molecule has 0 radical (unpaired) electrons. The van der Waals surface area contributed by atoms with Crippen LogP contribution < -0.4 is 0 Å². The minimum absolute atomic E-state index is 0.00719. The van der Waals surface area contributed by atoms with E-state index in [1.165, 1.54) is 60.8 Å². The van der Waals surface area contributed by atoms with Gasteiger partial charge in [-0.2, -0.15) is 0 Å². The van der Waals surface area contributed by atoms with Crippen LogP contribution in [0.4, 0.5) is 0 Å². The SMILES string of the molecule is CCC(CC)(c1ccc(O)c(C)c1)c1ccc(/C=C/C2CCCCCC2)c(C)c1. The van der Waals surface area contributed by atoms with Crippen LogP contribution >= 0.6 is 0 Å². The first-order valence-electron chi connectivity index (χ1n) is 11.6. The molecule has 0 saturated heterocycles. The Hall–Kier alpha value is -2.02. The average Bonchev–Trinajstić information content (AvgIpc) is 3.00. The van der Waals surface area contributed by atoms with Crippen LogP contribution in [0.5, 0.6) is 5.75 Å². The Morgan fingerprint density at radius 3 is 2.00 bits per heavy atom. The molecule has 0 atom stereocenters. The van der Waals surface area contributed by atoms with Gasteiger partial charge < -0.3 is 5.11 Å². The maximum atomic E-state index is 9.98. The molecule has 0 heterocycles. The lowest BCUT2D eigenvalue weighted by Crippen LogP contribution is -2.26. The number of aromatic hydroxyl groups is 1. The summed E-state index contributed by atoms with van der Waals surface area (Å²) in [7, 11) is 0. The molecule has 0 unspecified atom stereocenters. The molecule has 1 saturated carbocycles. The predicted octanol–water partition coefficient (Wildman–Crippen LogP) is 8.10. The molecule has 1 N–H and O–H groups in total. The van der Waals surface area contributed by atoms with Crippen LogP contribution in [-0.4, -0.2) is 5.11 Å². The van der Waals surface area contributed by atoms with E-state index in [-0.39, 0.29) is 5.41 Å². The molecule has 0 aromatic heterocycles. The molecule has 1 aliphatic rings. The van der Waals surface area contributed by atoms with Gasteiger partial charge >= 0.3 is 0 Å². The number of aryl methyl sites for hydroxylation is 2. The van der Waals surface area contributed by atoms with Crippen molar-refractivity contribution in [2.75, 3.05) is 0 Å². The summed E-state index contributed by atoms with van der Waals surface area (Å²) < 4.78 is 0. The Morgan fingerprint density at radius 1 is 0.862 bits per heavy atom. The Balaban J connectivity index is 1.90. The minimum atomic E-state index is -0.00719. The van der Waals surface area contributed by atoms with Crippen LogP contribution in [0.3, 0.4) is 0 Å². The van der Waals surface area contributed by atoms with Crippen LogP contribution in [0.25, 0.3) is 6.08 Å². The van der Waals surface area contributed by atoms with E-state index < -0.39 is 0 Å². The van der Waals surface area contributed by atoms with Gasteiger partial charge in [0.15, 0.2) is 0 Å². The molecule has 0 amide bonds. The van der Waals surface area contributed by atoms with Gasteiger partial charge in [-0.3, -0.25) is 0 Å². The summed E-state index contributed by atoms with van der Waals surface area (Å²) in [6.07, 6.45) is 15.2. The lowest BCUT2D eigenvalue weighted by atomic mass is 9.70. The van der Waals surface area contributed by atoms with Crippen molar-refractivity contribution in [2.24, 2.45) is 5.92 Å². The number of rotatable bonds is 6. The summed E-state index contributed by atoms with van der Waals surface area (Å²) in [6, 6.07) is 13.1. The van der Waals surface area contributed by atoms with Gasteiger partial charge in [0.1, 0.15) is 5.75 Å². The summed E-state index contributed by atoms with van der Waals surface area (Å²) in [5.41, 5.74) is 6.34. The molecule has 3 rings (SSSR count). The van der Waals surface area contributed by atoms with Gasteiger partial charge in [-0.1, -0.05) is 82.0 Å². The van der Waals surface area contributed by atoms with Crippen molar-refractivity contribution in [3.05, 3.63) is 70.3 Å². The fourth-order valence-electron chi connectivity index (χ4n) is 5.09. The van der Waals surface area contributed by atoms with E-state index in [4.69, 9.17) is 0 Å². The Labute approximate surface area is 177 Å². The molecule has 1 nitrogen and oxygen atoms in total. The monoisotopic (exact) mass is 390 g/mol. The van der Waals surface area contributed by atoms with Gasteiger partial charge in [0.2, 0.25) is 0 Å². The van der Waals surface area contributed by atoms with Crippen molar-refractivity contribution >= 4 is 6.08 Å². The van der Waals surface area contributed by atoms with E-state index in [0.29, 0.717) is 5.75 Å². The second-order valence-electron chi connectivity index (χ2n) is 8.97. The average molecular weight is 391 g/mol. The number of benzene rings is 2. The topological polar surface area (TPSA) is 20.2 Å². The largest absolute Gasteiger partial charge is 0.508 e. The number of phenolic OH excluding ortho intramolecular Hbond substituents is 1. The van der Waals surface area contributed by atoms with E-state index in [1.807, 2.05) is 13.0 Å². The first kappa shape index (κ1) is 21.7. The van der Waals surface area contributed by atoms with Crippen LogP contribution in [0.15, 0.2) is 42.5 Å². The zero-order chi connectivity index (χ0) is 20.9. The molecule has 29 heavy (non-hydrogen) atoms. The minimum Gasteiger partial charge on any atom is -0.508 e. The number of phenols is 1. The second kappa shape index (κ2) is 9.65. The van der Waals surface area contributed by atoms with Crippen molar-refractivity contribution < 1.29 is 5.11 Å². The molecule has 2 aromatic rings. The number of hydrogen-bond donors (Lipinski definition) is 1. The molecule has 0 spiro atoms. The van der Waals surface area contributed by atoms with Crippen molar-refractivity contribution in [3.8, 4) is 5.75 Å². The van der Waals surface area contributed by atoms with Gasteiger partial charge in [-0.25, -0.2) is 0 Å². The summed E-state index contributed by atoms with van der Waals surface area (Å²) in [4.78, 5) is 0. The van der Waals surface area contributed by atoms with Crippen LogP contribution in [0, 0.1) is 19.8 Å². The molecule has 1 heteroatoms. The number of hydrogen-bond acceptors (Lipinski definition) is 1. The summed E-state index contributed by atoms with van der Waals surface area (Å²) in [5.74, 6) is 1.13. The number of allylic oxidation sites excluding steroid dienone is 1. The molecular weight excluding hydrogens is 352 g/mol. The van der Waals surface area contributed by atoms with E-state index >= 15 is 0 Å².